The van der Waals surface area contributed by atoms with E-state index in [-0.39, 0.29) is 5.91 Å². The van der Waals surface area contributed by atoms with Crippen molar-refractivity contribution in [2.75, 3.05) is 5.32 Å². The van der Waals surface area contributed by atoms with Gasteiger partial charge in [-0.1, -0.05) is 29.3 Å². The van der Waals surface area contributed by atoms with Gasteiger partial charge in [-0.15, -0.1) is 0 Å². The van der Waals surface area contributed by atoms with Crippen LogP contribution in [0.4, 0.5) is 5.82 Å². The molecule has 3 aromatic heterocycles. The predicted molar refractivity (Wildman–Crippen MR) is 103 cm³/mol. The SMILES string of the molecule is Cc1nn2cccnc2c1C(=O)Nc1ccnn1Cc1ccc(Cl)cc1Cl. The molecule has 0 saturated carbocycles. The van der Waals surface area contributed by atoms with Gasteiger partial charge >= 0.3 is 0 Å². The number of nitrogens with one attached hydrogen (secondary N) is 1. The number of halogens is 2. The van der Waals surface area contributed by atoms with Crippen LogP contribution in [0, 0.1) is 6.92 Å². The van der Waals surface area contributed by atoms with Crippen LogP contribution in [0.2, 0.25) is 10.0 Å². The summed E-state index contributed by atoms with van der Waals surface area (Å²) in [5, 5.41) is 12.6. The van der Waals surface area contributed by atoms with Crippen molar-refractivity contribution in [1.29, 1.82) is 0 Å². The second-order valence-corrected chi connectivity index (χ2v) is 6.76. The van der Waals surface area contributed by atoms with Gasteiger partial charge in [0.1, 0.15) is 11.4 Å². The van der Waals surface area contributed by atoms with E-state index in [9.17, 15) is 4.79 Å². The van der Waals surface area contributed by atoms with Crippen LogP contribution < -0.4 is 5.32 Å². The van der Waals surface area contributed by atoms with E-state index >= 15 is 0 Å². The second-order valence-electron chi connectivity index (χ2n) is 5.91. The Labute approximate surface area is 164 Å². The Kier molecular flexibility index (Phi) is 4.55. The first-order valence-electron chi connectivity index (χ1n) is 8.10. The molecule has 4 rings (SSSR count). The number of amides is 1. The van der Waals surface area contributed by atoms with Gasteiger partial charge in [0.05, 0.1) is 18.4 Å². The normalized spacial score (nSPS) is 11.1. The fourth-order valence-electron chi connectivity index (χ4n) is 2.82. The molecule has 7 nitrogen and oxygen atoms in total. The van der Waals surface area contributed by atoms with Crippen molar-refractivity contribution in [1.82, 2.24) is 24.4 Å². The summed E-state index contributed by atoms with van der Waals surface area (Å²) in [7, 11) is 0. The zero-order chi connectivity index (χ0) is 19.0. The number of benzene rings is 1. The summed E-state index contributed by atoms with van der Waals surface area (Å²) < 4.78 is 3.23. The van der Waals surface area contributed by atoms with Gasteiger partial charge in [0.2, 0.25) is 0 Å². The van der Waals surface area contributed by atoms with Crippen LogP contribution in [-0.4, -0.2) is 30.3 Å². The van der Waals surface area contributed by atoms with Crippen molar-refractivity contribution in [3.05, 3.63) is 75.8 Å². The molecule has 0 aliphatic carbocycles. The van der Waals surface area contributed by atoms with Gasteiger partial charge in [0, 0.05) is 28.5 Å². The molecule has 136 valence electrons. The smallest absolute Gasteiger partial charge is 0.262 e. The minimum absolute atomic E-state index is 0.301. The fourth-order valence-corrected chi connectivity index (χ4v) is 3.29. The number of fused-ring (bicyclic) bond motifs is 1. The zero-order valence-electron chi connectivity index (χ0n) is 14.2. The maximum Gasteiger partial charge on any atom is 0.262 e. The number of nitrogens with zero attached hydrogens (tertiary/aromatic N) is 5. The Morgan fingerprint density at radius 2 is 2.07 bits per heavy atom. The van der Waals surface area contributed by atoms with Gasteiger partial charge in [0.15, 0.2) is 5.65 Å². The number of carbonyl (C=O) groups is 1. The number of aryl methyl sites for hydroxylation is 1. The van der Waals surface area contributed by atoms with E-state index < -0.39 is 0 Å². The number of hydrogen-bond acceptors (Lipinski definition) is 4. The van der Waals surface area contributed by atoms with Crippen molar-refractivity contribution in [3.63, 3.8) is 0 Å². The summed E-state index contributed by atoms with van der Waals surface area (Å²) in [6.07, 6.45) is 4.99. The van der Waals surface area contributed by atoms with Gasteiger partial charge < -0.3 is 5.32 Å². The van der Waals surface area contributed by atoms with Gasteiger partial charge in [-0.05, 0) is 30.7 Å². The van der Waals surface area contributed by atoms with Crippen molar-refractivity contribution < 1.29 is 4.79 Å². The quantitative estimate of drug-likeness (QED) is 0.564. The first-order chi connectivity index (χ1) is 13.0. The molecule has 0 fully saturated rings. The number of carbonyl (C=O) groups excluding carboxylic acids is 1. The molecule has 0 saturated heterocycles. The van der Waals surface area contributed by atoms with Crippen molar-refractivity contribution in [3.8, 4) is 0 Å². The Balaban J connectivity index is 1.61. The number of anilines is 1. The molecule has 27 heavy (non-hydrogen) atoms. The summed E-state index contributed by atoms with van der Waals surface area (Å²) >= 11 is 12.2. The monoisotopic (exact) mass is 400 g/mol. The molecule has 0 spiro atoms. The topological polar surface area (TPSA) is 77.1 Å². The Hall–Kier alpha value is -2.90. The first kappa shape index (κ1) is 17.5. The summed E-state index contributed by atoms with van der Waals surface area (Å²) in [4.78, 5) is 17.1. The third kappa shape index (κ3) is 3.39. The molecular formula is C18H14Cl2N6O. The Morgan fingerprint density at radius 3 is 2.89 bits per heavy atom. The number of hydrogen-bond donors (Lipinski definition) is 1. The minimum atomic E-state index is -0.301. The highest BCUT2D eigenvalue weighted by molar-refractivity contribution is 6.35. The lowest BCUT2D eigenvalue weighted by atomic mass is 10.2. The summed E-state index contributed by atoms with van der Waals surface area (Å²) in [6.45, 7) is 2.17. The lowest BCUT2D eigenvalue weighted by Crippen LogP contribution is -2.17. The lowest BCUT2D eigenvalue weighted by Gasteiger charge is -2.10. The van der Waals surface area contributed by atoms with E-state index in [1.165, 1.54) is 0 Å². The number of aromatic nitrogens is 5. The van der Waals surface area contributed by atoms with Crippen LogP contribution in [0.5, 0.6) is 0 Å². The van der Waals surface area contributed by atoms with Gasteiger partial charge in [-0.25, -0.2) is 14.2 Å². The molecule has 4 aromatic rings. The second kappa shape index (κ2) is 7.02. The van der Waals surface area contributed by atoms with E-state index in [1.807, 2.05) is 6.07 Å². The molecule has 0 radical (unpaired) electrons. The van der Waals surface area contributed by atoms with Crippen LogP contribution in [0.15, 0.2) is 48.9 Å². The van der Waals surface area contributed by atoms with Crippen molar-refractivity contribution in [2.45, 2.75) is 13.5 Å². The molecule has 0 aliphatic rings. The number of rotatable bonds is 4. The van der Waals surface area contributed by atoms with Gasteiger partial charge in [-0.3, -0.25) is 4.79 Å². The van der Waals surface area contributed by atoms with Crippen LogP contribution in [0.3, 0.4) is 0 Å². The van der Waals surface area contributed by atoms with Gasteiger partial charge in [-0.2, -0.15) is 10.2 Å². The molecule has 0 unspecified atom stereocenters. The lowest BCUT2D eigenvalue weighted by molar-refractivity contribution is 0.102. The average molecular weight is 401 g/mol. The largest absolute Gasteiger partial charge is 0.307 e. The van der Waals surface area contributed by atoms with E-state index in [0.717, 1.165) is 5.56 Å². The first-order valence-corrected chi connectivity index (χ1v) is 8.85. The molecule has 0 bridgehead atoms. The van der Waals surface area contributed by atoms with E-state index in [2.05, 4.69) is 20.5 Å². The van der Waals surface area contributed by atoms with E-state index in [0.29, 0.717) is 39.3 Å². The summed E-state index contributed by atoms with van der Waals surface area (Å²) in [5.41, 5.74) is 2.36. The molecule has 1 aromatic carbocycles. The highest BCUT2D eigenvalue weighted by atomic mass is 35.5. The molecule has 0 atom stereocenters. The molecular weight excluding hydrogens is 387 g/mol. The molecule has 9 heteroatoms. The van der Waals surface area contributed by atoms with Crippen LogP contribution in [0.1, 0.15) is 21.6 Å². The van der Waals surface area contributed by atoms with E-state index in [1.54, 1.807) is 59.0 Å². The van der Waals surface area contributed by atoms with Crippen LogP contribution in [0.25, 0.3) is 5.65 Å². The molecule has 1 N–H and O–H groups in total. The predicted octanol–water partition coefficient (Wildman–Crippen LogP) is 3.84. The third-order valence-electron chi connectivity index (χ3n) is 4.09. The zero-order valence-corrected chi connectivity index (χ0v) is 15.7. The highest BCUT2D eigenvalue weighted by Gasteiger charge is 2.19. The van der Waals surface area contributed by atoms with Crippen LogP contribution >= 0.6 is 23.2 Å². The fraction of sp³-hybridized carbons (Fsp3) is 0.111. The maximum absolute atomic E-state index is 12.8. The van der Waals surface area contributed by atoms with Crippen molar-refractivity contribution >= 4 is 40.6 Å². The average Bonchev–Trinajstić information content (AvgIpc) is 3.20. The molecule has 1 amide bonds. The van der Waals surface area contributed by atoms with Crippen LogP contribution in [-0.2, 0) is 6.54 Å². The minimum Gasteiger partial charge on any atom is -0.307 e. The standard InChI is InChI=1S/C18H14Cl2N6O/c1-11-16(17-21-6-2-8-25(17)24-11)18(27)23-15-5-7-22-26(15)10-12-3-4-13(19)9-14(12)20/h2-9H,10H2,1H3,(H,23,27). The van der Waals surface area contributed by atoms with E-state index in [4.69, 9.17) is 23.2 Å². The maximum atomic E-state index is 12.8. The molecule has 0 aliphatic heterocycles. The molecule has 3 heterocycles. The Morgan fingerprint density at radius 1 is 1.22 bits per heavy atom. The van der Waals surface area contributed by atoms with Gasteiger partial charge in [0.25, 0.3) is 5.91 Å². The third-order valence-corrected chi connectivity index (χ3v) is 4.68. The highest BCUT2D eigenvalue weighted by Crippen LogP contribution is 2.23. The summed E-state index contributed by atoms with van der Waals surface area (Å²) in [5.74, 6) is 0.242. The Bertz CT molecular complexity index is 1150. The summed E-state index contributed by atoms with van der Waals surface area (Å²) in [6, 6.07) is 8.74. The van der Waals surface area contributed by atoms with Crippen molar-refractivity contribution in [2.24, 2.45) is 0 Å².